The number of carbonyl (C=O) groups is 2. The molecule has 2 nitrogen and oxygen atoms in total. The molecule has 2 heteroatoms. The molecule has 166 valence electrons. The van der Waals surface area contributed by atoms with Crippen LogP contribution in [-0.2, 0) is 16.0 Å². The van der Waals surface area contributed by atoms with Crippen LogP contribution in [0.25, 0.3) is 0 Å². The minimum atomic E-state index is -0.0555. The highest BCUT2D eigenvalue weighted by Crippen LogP contribution is 2.64. The van der Waals surface area contributed by atoms with Crippen molar-refractivity contribution < 1.29 is 9.59 Å². The molecule has 4 aliphatic carbocycles. The van der Waals surface area contributed by atoms with Crippen molar-refractivity contribution in [3.63, 3.8) is 0 Å². The fourth-order valence-electron chi connectivity index (χ4n) is 8.13. The van der Waals surface area contributed by atoms with Crippen molar-refractivity contribution in [1.82, 2.24) is 0 Å². The van der Waals surface area contributed by atoms with Crippen molar-refractivity contribution in [3.8, 4) is 0 Å². The number of hydrogen-bond donors (Lipinski definition) is 0. The molecule has 0 aliphatic heterocycles. The van der Waals surface area contributed by atoms with Gasteiger partial charge in [-0.1, -0.05) is 56.2 Å². The standard InChI is InChI=1S/C29H38O2/c1-28-17-16-25-23(24(28)14-15-27(28)31)13-12-22-18-26(30)21(19-29(22,25)2)11-7-6-10-20-8-4-3-5-9-20/h3-5,8-9,18,21,23-25H,6-7,10-17,19H2,1-2H3/t21-,23+,24+,25+,28+,29+/m1/s1. The highest BCUT2D eigenvalue weighted by atomic mass is 16.1. The van der Waals surface area contributed by atoms with Crippen LogP contribution in [0.1, 0.15) is 83.6 Å². The number of carbonyl (C=O) groups excluding carboxylic acids is 2. The van der Waals surface area contributed by atoms with Gasteiger partial charge in [-0.05, 0) is 92.6 Å². The number of hydrogen-bond acceptors (Lipinski definition) is 2. The van der Waals surface area contributed by atoms with Crippen LogP contribution >= 0.6 is 0 Å². The lowest BCUT2D eigenvalue weighted by Gasteiger charge is -2.57. The maximum absolute atomic E-state index is 13.0. The Morgan fingerprint density at radius 3 is 2.48 bits per heavy atom. The molecule has 0 N–H and O–H groups in total. The van der Waals surface area contributed by atoms with Crippen LogP contribution in [0.4, 0.5) is 0 Å². The van der Waals surface area contributed by atoms with Gasteiger partial charge >= 0.3 is 0 Å². The van der Waals surface area contributed by atoms with Crippen LogP contribution < -0.4 is 0 Å². The highest BCUT2D eigenvalue weighted by molar-refractivity contribution is 5.93. The number of rotatable bonds is 5. The number of unbranched alkanes of at least 4 members (excludes halogenated alkanes) is 1. The predicted molar refractivity (Wildman–Crippen MR) is 125 cm³/mol. The zero-order valence-electron chi connectivity index (χ0n) is 19.4. The maximum atomic E-state index is 13.0. The lowest BCUT2D eigenvalue weighted by atomic mass is 9.46. The normalized spacial score (nSPS) is 39.5. The van der Waals surface area contributed by atoms with E-state index in [1.165, 1.54) is 24.0 Å². The number of benzene rings is 1. The van der Waals surface area contributed by atoms with Gasteiger partial charge in [0.15, 0.2) is 5.78 Å². The smallest absolute Gasteiger partial charge is 0.158 e. The summed E-state index contributed by atoms with van der Waals surface area (Å²) < 4.78 is 0. The Bertz CT molecular complexity index is 883. The van der Waals surface area contributed by atoms with Gasteiger partial charge in [-0.25, -0.2) is 0 Å². The van der Waals surface area contributed by atoms with E-state index < -0.39 is 0 Å². The molecule has 3 fully saturated rings. The summed E-state index contributed by atoms with van der Waals surface area (Å²) in [5, 5.41) is 0. The van der Waals surface area contributed by atoms with Crippen LogP contribution in [0.2, 0.25) is 0 Å². The zero-order valence-corrected chi connectivity index (χ0v) is 19.4. The van der Waals surface area contributed by atoms with E-state index >= 15 is 0 Å². The van der Waals surface area contributed by atoms with Crippen molar-refractivity contribution >= 4 is 11.6 Å². The molecule has 0 heterocycles. The Morgan fingerprint density at radius 2 is 1.68 bits per heavy atom. The average molecular weight is 419 g/mol. The van der Waals surface area contributed by atoms with Crippen LogP contribution in [0.5, 0.6) is 0 Å². The molecular weight excluding hydrogens is 380 g/mol. The summed E-state index contributed by atoms with van der Waals surface area (Å²) >= 11 is 0. The van der Waals surface area contributed by atoms with Gasteiger partial charge in [0.1, 0.15) is 5.78 Å². The highest BCUT2D eigenvalue weighted by Gasteiger charge is 2.59. The Labute approximate surface area is 187 Å². The van der Waals surface area contributed by atoms with Gasteiger partial charge in [0.2, 0.25) is 0 Å². The van der Waals surface area contributed by atoms with Crippen molar-refractivity contribution in [2.45, 2.75) is 84.5 Å². The topological polar surface area (TPSA) is 34.1 Å². The molecule has 0 amide bonds. The Morgan fingerprint density at radius 1 is 0.903 bits per heavy atom. The first-order chi connectivity index (χ1) is 14.9. The van der Waals surface area contributed by atoms with Crippen molar-refractivity contribution in [3.05, 3.63) is 47.5 Å². The molecule has 0 unspecified atom stereocenters. The van der Waals surface area contributed by atoms with Gasteiger partial charge in [0.25, 0.3) is 0 Å². The Hall–Kier alpha value is -1.70. The Kier molecular flexibility index (Phi) is 5.47. The van der Waals surface area contributed by atoms with E-state index in [0.29, 0.717) is 29.3 Å². The van der Waals surface area contributed by atoms with Gasteiger partial charge in [0, 0.05) is 17.8 Å². The monoisotopic (exact) mass is 418 g/mol. The van der Waals surface area contributed by atoms with E-state index in [0.717, 1.165) is 57.8 Å². The second-order valence-corrected chi connectivity index (χ2v) is 11.5. The molecule has 0 bridgehead atoms. The Balaban J connectivity index is 1.27. The minimum Gasteiger partial charge on any atom is -0.299 e. The largest absolute Gasteiger partial charge is 0.299 e. The van der Waals surface area contributed by atoms with E-state index in [9.17, 15) is 9.59 Å². The number of fused-ring (bicyclic) bond motifs is 5. The second-order valence-electron chi connectivity index (χ2n) is 11.5. The molecule has 0 spiro atoms. The average Bonchev–Trinajstić information content (AvgIpc) is 3.07. The van der Waals surface area contributed by atoms with E-state index in [-0.39, 0.29) is 16.7 Å². The molecule has 1 aromatic carbocycles. The zero-order chi connectivity index (χ0) is 21.6. The van der Waals surface area contributed by atoms with Crippen LogP contribution in [-0.4, -0.2) is 11.6 Å². The fourth-order valence-corrected chi connectivity index (χ4v) is 8.13. The number of ketones is 2. The molecular formula is C29H38O2. The van der Waals surface area contributed by atoms with Gasteiger partial charge < -0.3 is 0 Å². The number of allylic oxidation sites excluding steroid dienone is 1. The third-order valence-corrected chi connectivity index (χ3v) is 9.95. The predicted octanol–water partition coefficient (Wildman–Crippen LogP) is 6.73. The molecule has 0 saturated heterocycles. The molecule has 0 radical (unpaired) electrons. The summed E-state index contributed by atoms with van der Waals surface area (Å²) in [4.78, 5) is 25.6. The third-order valence-electron chi connectivity index (χ3n) is 9.95. The first-order valence-electron chi connectivity index (χ1n) is 12.7. The number of aryl methyl sites for hydroxylation is 1. The lowest BCUT2D eigenvalue weighted by Crippen LogP contribution is -2.51. The number of Topliss-reactive ketones (excluding diaryl/α,β-unsaturated/α-hetero) is 1. The van der Waals surface area contributed by atoms with E-state index in [1.807, 2.05) is 0 Å². The molecule has 31 heavy (non-hydrogen) atoms. The summed E-state index contributed by atoms with van der Waals surface area (Å²) in [6.07, 6.45) is 13.9. The fraction of sp³-hybridized carbons (Fsp3) is 0.655. The first-order valence-corrected chi connectivity index (χ1v) is 12.7. The summed E-state index contributed by atoms with van der Waals surface area (Å²) in [6, 6.07) is 10.7. The molecule has 3 saturated carbocycles. The van der Waals surface area contributed by atoms with Crippen molar-refractivity contribution in [1.29, 1.82) is 0 Å². The van der Waals surface area contributed by atoms with Crippen molar-refractivity contribution in [2.24, 2.45) is 34.5 Å². The van der Waals surface area contributed by atoms with Gasteiger partial charge in [0.05, 0.1) is 0 Å². The van der Waals surface area contributed by atoms with Crippen LogP contribution in [0, 0.1) is 34.5 Å². The first kappa shape index (κ1) is 21.2. The third kappa shape index (κ3) is 3.55. The minimum absolute atomic E-state index is 0.0555. The van der Waals surface area contributed by atoms with E-state index in [1.54, 1.807) is 0 Å². The molecule has 0 aromatic heterocycles. The van der Waals surface area contributed by atoms with E-state index in [2.05, 4.69) is 50.3 Å². The molecule has 1 aromatic rings. The summed E-state index contributed by atoms with van der Waals surface area (Å²) in [5.74, 6) is 3.04. The quantitative estimate of drug-likeness (QED) is 0.497. The summed E-state index contributed by atoms with van der Waals surface area (Å²) in [6.45, 7) is 4.73. The SMILES string of the molecule is C[C@]12C[C@@H](CCCCc3ccccc3)C(=O)C=C1CC[C@@H]1[C@@H]2CC[C@]2(C)C(=O)CC[C@@H]12. The van der Waals surface area contributed by atoms with Gasteiger partial charge in [-0.2, -0.15) is 0 Å². The van der Waals surface area contributed by atoms with Gasteiger partial charge in [-0.15, -0.1) is 0 Å². The lowest BCUT2D eigenvalue weighted by molar-refractivity contribution is -0.133. The van der Waals surface area contributed by atoms with Crippen LogP contribution in [0.15, 0.2) is 42.0 Å². The molecule has 5 rings (SSSR count). The summed E-state index contributed by atoms with van der Waals surface area (Å²) in [5.41, 5.74) is 2.96. The van der Waals surface area contributed by atoms with E-state index in [4.69, 9.17) is 0 Å². The maximum Gasteiger partial charge on any atom is 0.158 e. The second kappa shape index (κ2) is 8.01. The molecule has 6 atom stereocenters. The van der Waals surface area contributed by atoms with Gasteiger partial charge in [-0.3, -0.25) is 9.59 Å². The summed E-state index contributed by atoms with van der Waals surface area (Å²) in [7, 11) is 0. The van der Waals surface area contributed by atoms with Crippen LogP contribution in [0.3, 0.4) is 0 Å². The molecule has 4 aliphatic rings. The van der Waals surface area contributed by atoms with Crippen molar-refractivity contribution in [2.75, 3.05) is 0 Å².